The van der Waals surface area contributed by atoms with Gasteiger partial charge in [0.25, 0.3) is 0 Å². The predicted molar refractivity (Wildman–Crippen MR) is 71.3 cm³/mol. The fourth-order valence-corrected chi connectivity index (χ4v) is 2.12. The Bertz CT molecular complexity index is 617. The van der Waals surface area contributed by atoms with Gasteiger partial charge >= 0.3 is 0 Å². The molecule has 20 heavy (non-hydrogen) atoms. The maximum atomic E-state index is 13.5. The van der Waals surface area contributed by atoms with Crippen LogP contribution in [0.1, 0.15) is 18.3 Å². The van der Waals surface area contributed by atoms with E-state index in [9.17, 15) is 13.2 Å². The number of anilines is 1. The largest absolute Gasteiger partial charge is 0.375 e. The Morgan fingerprint density at radius 2 is 1.85 bits per heavy atom. The van der Waals surface area contributed by atoms with Crippen molar-refractivity contribution in [3.8, 4) is 0 Å². The van der Waals surface area contributed by atoms with Gasteiger partial charge in [-0.05, 0) is 13.8 Å². The first-order valence-corrected chi connectivity index (χ1v) is 6.42. The third-order valence-electron chi connectivity index (χ3n) is 2.89. The molecule has 0 radical (unpaired) electrons. The second-order valence-electron chi connectivity index (χ2n) is 4.26. The van der Waals surface area contributed by atoms with Gasteiger partial charge in [0.1, 0.15) is 11.5 Å². The van der Waals surface area contributed by atoms with Crippen LogP contribution in [0.2, 0.25) is 5.02 Å². The third-order valence-corrected chi connectivity index (χ3v) is 3.38. The van der Waals surface area contributed by atoms with Crippen LogP contribution in [0.15, 0.2) is 12.1 Å². The summed E-state index contributed by atoms with van der Waals surface area (Å²) in [4.78, 5) is 0. The molecule has 3 nitrogen and oxygen atoms in total. The zero-order valence-corrected chi connectivity index (χ0v) is 11.7. The summed E-state index contributed by atoms with van der Waals surface area (Å²) in [5.74, 6) is -2.94. The highest BCUT2D eigenvalue weighted by Gasteiger charge is 2.15. The first-order valence-electron chi connectivity index (χ1n) is 6.04. The molecular formula is C13H13ClF3N3. The number of nitrogens with one attached hydrogen (secondary N) is 1. The van der Waals surface area contributed by atoms with Crippen molar-refractivity contribution in [3.05, 3.63) is 46.0 Å². The number of halogens is 4. The number of nitrogens with zero attached hydrogens (tertiary/aromatic N) is 2. The van der Waals surface area contributed by atoms with E-state index in [0.29, 0.717) is 35.1 Å². The third kappa shape index (κ3) is 2.75. The van der Waals surface area contributed by atoms with Crippen molar-refractivity contribution in [2.75, 3.05) is 5.32 Å². The average molecular weight is 304 g/mol. The van der Waals surface area contributed by atoms with E-state index in [0.717, 1.165) is 0 Å². The van der Waals surface area contributed by atoms with Gasteiger partial charge < -0.3 is 5.32 Å². The highest BCUT2D eigenvalue weighted by Crippen LogP contribution is 2.24. The number of aryl methyl sites for hydroxylation is 2. The van der Waals surface area contributed by atoms with E-state index < -0.39 is 17.5 Å². The Labute approximate surface area is 119 Å². The number of hydrogen-bond donors (Lipinski definition) is 1. The van der Waals surface area contributed by atoms with Crippen molar-refractivity contribution in [2.24, 2.45) is 0 Å². The van der Waals surface area contributed by atoms with Crippen molar-refractivity contribution in [3.63, 3.8) is 0 Å². The minimum absolute atomic E-state index is 0.0903. The van der Waals surface area contributed by atoms with Crippen LogP contribution < -0.4 is 5.32 Å². The first kappa shape index (κ1) is 14.7. The molecule has 0 unspecified atom stereocenters. The molecule has 0 aliphatic carbocycles. The van der Waals surface area contributed by atoms with E-state index >= 15 is 0 Å². The number of benzene rings is 1. The molecular weight excluding hydrogens is 291 g/mol. The summed E-state index contributed by atoms with van der Waals surface area (Å²) in [6, 6.07) is 1.24. The quantitative estimate of drug-likeness (QED) is 0.928. The molecule has 0 aliphatic heterocycles. The van der Waals surface area contributed by atoms with Gasteiger partial charge in [-0.15, -0.1) is 0 Å². The molecule has 0 spiro atoms. The van der Waals surface area contributed by atoms with Gasteiger partial charge in [-0.2, -0.15) is 5.10 Å². The second-order valence-corrected chi connectivity index (χ2v) is 4.64. The minimum Gasteiger partial charge on any atom is -0.375 e. The highest BCUT2D eigenvalue weighted by atomic mass is 35.5. The maximum Gasteiger partial charge on any atom is 0.152 e. The topological polar surface area (TPSA) is 29.9 Å². The molecule has 0 aliphatic rings. The second kappa shape index (κ2) is 5.75. The molecule has 0 saturated heterocycles. The van der Waals surface area contributed by atoms with Crippen LogP contribution in [0.3, 0.4) is 0 Å². The molecule has 0 bridgehead atoms. The van der Waals surface area contributed by atoms with Gasteiger partial charge in [-0.25, -0.2) is 13.2 Å². The number of aromatic nitrogens is 2. The molecule has 0 fully saturated rings. The van der Waals surface area contributed by atoms with E-state index in [2.05, 4.69) is 10.4 Å². The van der Waals surface area contributed by atoms with E-state index in [4.69, 9.17) is 11.6 Å². The average Bonchev–Trinajstić information content (AvgIpc) is 2.64. The van der Waals surface area contributed by atoms with Gasteiger partial charge in [-0.3, -0.25) is 4.68 Å². The van der Waals surface area contributed by atoms with E-state index in [1.165, 1.54) is 0 Å². The van der Waals surface area contributed by atoms with Crippen LogP contribution >= 0.6 is 11.6 Å². The molecule has 1 N–H and O–H groups in total. The van der Waals surface area contributed by atoms with E-state index in [1.54, 1.807) is 11.6 Å². The summed E-state index contributed by atoms with van der Waals surface area (Å²) in [5.41, 5.74) is 0.879. The van der Waals surface area contributed by atoms with E-state index in [1.807, 2.05) is 6.92 Å². The van der Waals surface area contributed by atoms with Crippen LogP contribution in [-0.2, 0) is 13.1 Å². The minimum atomic E-state index is -0.988. The fourth-order valence-electron chi connectivity index (χ4n) is 1.92. The predicted octanol–water partition coefficient (Wildman–Crippen LogP) is 3.89. The van der Waals surface area contributed by atoms with E-state index in [-0.39, 0.29) is 12.2 Å². The van der Waals surface area contributed by atoms with Crippen molar-refractivity contribution in [1.29, 1.82) is 0 Å². The molecule has 2 aromatic rings. The van der Waals surface area contributed by atoms with Crippen molar-refractivity contribution in [1.82, 2.24) is 9.78 Å². The van der Waals surface area contributed by atoms with Crippen LogP contribution in [0, 0.1) is 24.4 Å². The monoisotopic (exact) mass is 303 g/mol. The Morgan fingerprint density at radius 1 is 1.25 bits per heavy atom. The molecule has 108 valence electrons. The number of hydrogen-bond acceptors (Lipinski definition) is 2. The zero-order valence-electron chi connectivity index (χ0n) is 11.0. The Kier molecular flexibility index (Phi) is 4.23. The van der Waals surface area contributed by atoms with Crippen LogP contribution in [0.25, 0.3) is 0 Å². The lowest BCUT2D eigenvalue weighted by atomic mass is 10.2. The van der Waals surface area contributed by atoms with Crippen molar-refractivity contribution >= 4 is 17.3 Å². The molecule has 0 atom stereocenters. The van der Waals surface area contributed by atoms with Gasteiger partial charge in [-0.1, -0.05) is 11.6 Å². The highest BCUT2D eigenvalue weighted by molar-refractivity contribution is 6.31. The summed E-state index contributed by atoms with van der Waals surface area (Å²) >= 11 is 6.09. The molecule has 0 saturated carbocycles. The molecule has 7 heteroatoms. The molecule has 1 aromatic carbocycles. The van der Waals surface area contributed by atoms with Crippen LogP contribution in [0.4, 0.5) is 18.9 Å². The lowest BCUT2D eigenvalue weighted by molar-refractivity contribution is 0.546. The molecule has 1 heterocycles. The molecule has 1 aromatic heterocycles. The first-order chi connectivity index (χ1) is 9.43. The number of rotatable bonds is 4. The Hall–Kier alpha value is -1.69. The fraction of sp³-hybridized carbons (Fsp3) is 0.308. The molecule has 0 amide bonds. The Balaban J connectivity index is 2.26. The maximum absolute atomic E-state index is 13.5. The van der Waals surface area contributed by atoms with Crippen LogP contribution in [-0.4, -0.2) is 9.78 Å². The van der Waals surface area contributed by atoms with Crippen LogP contribution in [0.5, 0.6) is 0 Å². The summed E-state index contributed by atoms with van der Waals surface area (Å²) < 4.78 is 41.5. The van der Waals surface area contributed by atoms with Gasteiger partial charge in [0.15, 0.2) is 11.6 Å². The SMILES string of the molecule is CCn1nc(C)c(Cl)c1CNc1c(F)cc(F)cc1F. The van der Waals surface area contributed by atoms with Crippen molar-refractivity contribution < 1.29 is 13.2 Å². The van der Waals surface area contributed by atoms with Crippen molar-refractivity contribution in [2.45, 2.75) is 26.9 Å². The lowest BCUT2D eigenvalue weighted by Gasteiger charge is -2.10. The zero-order chi connectivity index (χ0) is 14.9. The van der Waals surface area contributed by atoms with Gasteiger partial charge in [0, 0.05) is 18.7 Å². The summed E-state index contributed by atoms with van der Waals surface area (Å²) in [7, 11) is 0. The lowest BCUT2D eigenvalue weighted by Crippen LogP contribution is -2.10. The summed E-state index contributed by atoms with van der Waals surface area (Å²) in [6.07, 6.45) is 0. The smallest absolute Gasteiger partial charge is 0.152 e. The Morgan fingerprint density at radius 3 is 2.40 bits per heavy atom. The normalized spacial score (nSPS) is 10.9. The molecule has 2 rings (SSSR count). The van der Waals surface area contributed by atoms with Gasteiger partial charge in [0.05, 0.1) is 23.0 Å². The summed E-state index contributed by atoms with van der Waals surface area (Å²) in [5, 5.41) is 7.24. The van der Waals surface area contributed by atoms with Gasteiger partial charge in [0.2, 0.25) is 0 Å². The standard InChI is InChI=1S/C13H13ClF3N3/c1-3-20-11(12(14)7(2)19-20)6-18-13-9(16)4-8(15)5-10(13)17/h4-5,18H,3,6H2,1-2H3. The summed E-state index contributed by atoms with van der Waals surface area (Å²) in [6.45, 7) is 4.30.